The van der Waals surface area contributed by atoms with Crippen LogP contribution in [0.1, 0.15) is 122 Å². The van der Waals surface area contributed by atoms with Gasteiger partial charge in [-0.05, 0) is 73.6 Å². The molecule has 2 aromatic carbocycles. The van der Waals surface area contributed by atoms with Crippen molar-refractivity contribution in [3.05, 3.63) is 65.7 Å². The van der Waals surface area contributed by atoms with Crippen LogP contribution in [0.3, 0.4) is 0 Å². The van der Waals surface area contributed by atoms with Gasteiger partial charge in [0.1, 0.15) is 66.2 Å². The maximum atomic E-state index is 14.4. The summed E-state index contributed by atoms with van der Waals surface area (Å²) in [6.07, 6.45) is -9.29. The van der Waals surface area contributed by atoms with Gasteiger partial charge in [-0.3, -0.25) is 86.1 Å². The Morgan fingerprint density at radius 2 is 0.811 bits per heavy atom. The number of carboxylic acids is 6. The number of hydrogen-bond donors (Lipinski definition) is 19. The number of hydrogen-bond acceptors (Lipinski definition) is 22. The van der Waals surface area contributed by atoms with Gasteiger partial charge in [-0.1, -0.05) is 76.6 Å². The van der Waals surface area contributed by atoms with Crippen LogP contribution in [0.25, 0.3) is 0 Å². The molecule has 2 rings (SSSR count). The third-order valence-corrected chi connectivity index (χ3v) is 16.0. The second-order valence-electron chi connectivity index (χ2n) is 24.8. The average molecular weight is 1520 g/mol. The molecule has 0 radical (unpaired) electrons. The first-order chi connectivity index (χ1) is 49.5. The van der Waals surface area contributed by atoms with Gasteiger partial charge in [0.2, 0.25) is 70.9 Å². The van der Waals surface area contributed by atoms with Gasteiger partial charge in [0.05, 0.1) is 19.5 Å². The predicted molar refractivity (Wildman–Crippen MR) is 363 cm³/mol. The van der Waals surface area contributed by atoms with Crippen LogP contribution in [0.5, 0.6) is 5.75 Å². The molecule has 21 N–H and O–H groups in total. The molecule has 0 bridgehead atoms. The minimum absolute atomic E-state index is 0.0938. The number of nitrogens with zero attached hydrogens (tertiary/aromatic N) is 1. The number of benzene rings is 2. The van der Waals surface area contributed by atoms with Crippen LogP contribution < -0.4 is 68.8 Å². The van der Waals surface area contributed by atoms with E-state index < -0.39 is 285 Å². The Bertz CT molecular complexity index is 3600. The summed E-state index contributed by atoms with van der Waals surface area (Å²) in [5.74, 6) is -24.8. The van der Waals surface area contributed by atoms with Crippen molar-refractivity contribution >= 4 is 117 Å². The van der Waals surface area contributed by atoms with Crippen molar-refractivity contribution in [2.24, 2.45) is 23.3 Å². The molecule has 11 atom stereocenters. The predicted octanol–water partition coefficient (Wildman–Crippen LogP) is -4.71. The summed E-state index contributed by atoms with van der Waals surface area (Å²) in [5, 5.41) is 80.9. The van der Waals surface area contributed by atoms with Gasteiger partial charge in [0, 0.05) is 52.0 Å². The molecule has 0 aliphatic carbocycles. The summed E-state index contributed by atoms with van der Waals surface area (Å²) in [5.41, 5.74) is 11.0. The van der Waals surface area contributed by atoms with E-state index in [2.05, 4.69) is 57.4 Å². The highest BCUT2D eigenvalue weighted by molar-refractivity contribution is 7.81. The summed E-state index contributed by atoms with van der Waals surface area (Å²) >= 11 is 0. The largest absolute Gasteiger partial charge is 0.481 e. The number of likely N-dealkylation sites (N-methyl/N-ethyl adjacent to an activating group) is 1. The molecule has 106 heavy (non-hydrogen) atoms. The lowest BCUT2D eigenvalue weighted by Gasteiger charge is -2.30. The second-order valence-corrected chi connectivity index (χ2v) is 25.8. The summed E-state index contributed by atoms with van der Waals surface area (Å²) in [6.45, 7) is 4.60. The monoisotopic (exact) mass is 1520 g/mol. The first-order valence-corrected chi connectivity index (χ1v) is 34.3. The molecule has 586 valence electrons. The minimum Gasteiger partial charge on any atom is -0.481 e. The van der Waals surface area contributed by atoms with Gasteiger partial charge in [0.25, 0.3) is 0 Å². The Balaban J connectivity index is 2.57. The summed E-state index contributed by atoms with van der Waals surface area (Å²) in [7, 11) is -3.99. The highest BCUT2D eigenvalue weighted by Gasteiger charge is 2.38. The lowest BCUT2D eigenvalue weighted by molar-refractivity contribution is -0.143. The first kappa shape index (κ1) is 90.7. The van der Waals surface area contributed by atoms with Gasteiger partial charge in [0.15, 0.2) is 0 Å². The first-order valence-electron chi connectivity index (χ1n) is 32.9. The molecule has 0 aromatic heterocycles. The van der Waals surface area contributed by atoms with E-state index in [1.54, 1.807) is 39.0 Å². The Morgan fingerprint density at radius 3 is 1.20 bits per heavy atom. The van der Waals surface area contributed by atoms with Crippen molar-refractivity contribution in [1.82, 2.24) is 58.1 Å². The molecule has 12 amide bonds. The van der Waals surface area contributed by atoms with Crippen molar-refractivity contribution in [2.45, 2.75) is 184 Å². The van der Waals surface area contributed by atoms with Crippen LogP contribution in [0.2, 0.25) is 0 Å². The molecule has 41 nitrogen and oxygen atoms in total. The van der Waals surface area contributed by atoms with Crippen LogP contribution in [0, 0.1) is 11.8 Å². The van der Waals surface area contributed by atoms with Crippen LogP contribution >= 0.6 is 0 Å². The quantitative estimate of drug-likeness (QED) is 0.0277. The topological polar surface area (TPSA) is 668 Å². The van der Waals surface area contributed by atoms with Crippen LogP contribution in [0.4, 0.5) is 0 Å². The molecule has 0 fully saturated rings. The maximum Gasteiger partial charge on any atom is 0.446 e. The normalized spacial score (nSPS) is 14.2. The zero-order valence-electron chi connectivity index (χ0n) is 58.4. The molecular formula is C64H91N13O28S. The van der Waals surface area contributed by atoms with Crippen LogP contribution in [-0.4, -0.2) is 236 Å². The van der Waals surface area contributed by atoms with E-state index in [0.717, 1.165) is 24.1 Å². The molecule has 42 heteroatoms. The third kappa shape index (κ3) is 35.2. The molecule has 0 aliphatic rings. The zero-order chi connectivity index (χ0) is 80.3. The molecular weight excluding hydrogens is 1430 g/mol. The molecule has 0 saturated carbocycles. The van der Waals surface area contributed by atoms with E-state index in [1.165, 1.54) is 31.2 Å². The van der Waals surface area contributed by atoms with E-state index in [0.29, 0.717) is 5.56 Å². The van der Waals surface area contributed by atoms with Gasteiger partial charge >= 0.3 is 46.2 Å². The number of rotatable bonds is 50. The van der Waals surface area contributed by atoms with Crippen molar-refractivity contribution in [3.63, 3.8) is 0 Å². The van der Waals surface area contributed by atoms with Gasteiger partial charge in [-0.15, -0.1) is 0 Å². The average Bonchev–Trinajstić information content (AvgIpc) is 0.847. The van der Waals surface area contributed by atoms with Crippen molar-refractivity contribution in [2.75, 3.05) is 20.1 Å². The maximum absolute atomic E-state index is 14.4. The molecule has 0 aliphatic heterocycles. The molecule has 0 spiro atoms. The van der Waals surface area contributed by atoms with E-state index in [1.807, 2.05) is 0 Å². The number of carboxylic acid groups (broad SMARTS) is 6. The molecule has 0 heterocycles. The summed E-state index contributed by atoms with van der Waals surface area (Å²) in [6, 6.07) is -5.73. The summed E-state index contributed by atoms with van der Waals surface area (Å²) in [4.78, 5) is 237. The van der Waals surface area contributed by atoms with E-state index in [-0.39, 0.29) is 24.8 Å². The van der Waals surface area contributed by atoms with Gasteiger partial charge in [-0.2, -0.15) is 8.42 Å². The standard InChI is InChI=1S/C64H91N13O28S/c1-6-33(4)54(76-58(94)40(20-25-52(87)88)70-56(92)38(18-23-50(83)84)71-60(96)43(27-34-10-8-7-9-11-34)75-62(98)45(29-53(89)90)68-47(79)30-65)63(99)77(5)31-48(80)67-37(17-22-49(81)82)55(91)69-39(19-24-51(85)86)57(93)74-44(28-35-12-14-36(15-13-35)105-106(102,103)104)61(97)73-42(26-32(2)3)59(95)72-41(64(100)101)16-21-46(66)78/h7-15,32-33,37-45,54H,6,16-31,65H2,1-5H3,(H2,66,78)(H,67,80)(H,68,79)(H,69,91)(H,70,92)(H,71,96)(H,72,95)(H,73,97)(H,74,93)(H,75,98)(H,76,94)(H,81,82)(H,83,84)(H,85,86)(H,87,88)(H,89,90)(H,100,101)(H,102,103,104)/t33-,37-,38-,39-,40-,41-,42-,43-,44-,45-,54-/m0/s1. The Kier molecular flexibility index (Phi) is 38.4. The fourth-order valence-corrected chi connectivity index (χ4v) is 10.3. The smallest absolute Gasteiger partial charge is 0.446 e. The Hall–Kier alpha value is -11.4. The van der Waals surface area contributed by atoms with E-state index in [4.69, 9.17) is 11.5 Å². The van der Waals surface area contributed by atoms with Crippen LogP contribution in [-0.2, 0) is 110 Å². The number of nitrogens with one attached hydrogen (secondary N) is 10. The van der Waals surface area contributed by atoms with E-state index in [9.17, 15) is 130 Å². The second kappa shape index (κ2) is 44.9. The number of aliphatic carboxylic acids is 6. The lowest BCUT2D eigenvalue weighted by Crippen LogP contribution is -2.60. The highest BCUT2D eigenvalue weighted by Crippen LogP contribution is 2.18. The van der Waals surface area contributed by atoms with Crippen molar-refractivity contribution in [3.8, 4) is 5.75 Å². The zero-order valence-corrected chi connectivity index (χ0v) is 59.2. The number of carbonyl (C=O) groups is 18. The molecule has 0 saturated heterocycles. The minimum atomic E-state index is -5.04. The summed E-state index contributed by atoms with van der Waals surface area (Å²) < 4.78 is 36.4. The molecule has 0 unspecified atom stereocenters. The van der Waals surface area contributed by atoms with Gasteiger partial charge in [-0.25, -0.2) is 4.79 Å². The Labute approximate surface area is 606 Å². The number of carbonyl (C=O) groups excluding carboxylic acids is 12. The fourth-order valence-electron chi connectivity index (χ4n) is 9.95. The SMILES string of the molecule is CC[C@H](C)[C@H](NC(=O)[C@H](CCC(=O)O)NC(=O)[C@H](CCC(=O)O)NC(=O)[C@H](Cc1ccccc1)NC(=O)[C@H](CC(=O)O)NC(=O)CN)C(=O)N(C)CC(=O)N[C@@H](CCC(=O)O)C(=O)N[C@@H](CCC(=O)O)C(=O)N[C@@H](Cc1ccc(OS(=O)(=O)O)cc1)C(=O)N[C@@H](CC(C)C)C(=O)N[C@@H](CCC(N)=O)C(=O)O. The van der Waals surface area contributed by atoms with Crippen molar-refractivity contribution in [1.29, 1.82) is 0 Å². The number of primary amides is 1. The highest BCUT2D eigenvalue weighted by atomic mass is 32.3. The van der Waals surface area contributed by atoms with Crippen LogP contribution in [0.15, 0.2) is 54.6 Å². The number of nitrogens with two attached hydrogens (primary N) is 2. The van der Waals surface area contributed by atoms with Crippen molar-refractivity contribution < 1.29 is 134 Å². The Morgan fingerprint density at radius 1 is 0.453 bits per heavy atom. The fraction of sp³-hybridized carbons (Fsp3) is 0.531. The lowest BCUT2D eigenvalue weighted by atomic mass is 9.97. The van der Waals surface area contributed by atoms with Gasteiger partial charge < -0.3 is 104 Å². The third-order valence-electron chi connectivity index (χ3n) is 15.6. The molecule has 2 aromatic rings. The number of amides is 12. The van der Waals surface area contributed by atoms with E-state index >= 15 is 0 Å².